The molecule has 0 saturated heterocycles. The summed E-state index contributed by atoms with van der Waals surface area (Å²) in [6.45, 7) is 0. The molecule has 3 rings (SSSR count). The summed E-state index contributed by atoms with van der Waals surface area (Å²) >= 11 is 18.0. The number of pyridine rings is 1. The lowest BCUT2D eigenvalue weighted by Gasteiger charge is -2.31. The van der Waals surface area contributed by atoms with Gasteiger partial charge in [0, 0.05) is 30.2 Å². The topological polar surface area (TPSA) is 66.1 Å². The van der Waals surface area contributed by atoms with E-state index >= 15 is 0 Å². The highest BCUT2D eigenvalue weighted by Crippen LogP contribution is 2.32. The highest BCUT2D eigenvalue weighted by Gasteiger charge is 2.24. The summed E-state index contributed by atoms with van der Waals surface area (Å²) in [5.41, 5.74) is 1.09. The number of rotatable bonds is 4. The third-order valence-electron chi connectivity index (χ3n) is 4.39. The average Bonchev–Trinajstić information content (AvgIpc) is 2.62. The molecule has 2 atom stereocenters. The normalized spacial score (nSPS) is 19.4. The zero-order chi connectivity index (χ0) is 19.4. The van der Waals surface area contributed by atoms with E-state index in [0.29, 0.717) is 21.4 Å². The number of halogens is 4. The molecule has 9 heteroatoms. The Kier molecular flexibility index (Phi) is 6.63. The molecule has 0 aliphatic heterocycles. The van der Waals surface area contributed by atoms with Crippen LogP contribution in [0.5, 0.6) is 0 Å². The number of anilines is 2. The summed E-state index contributed by atoms with van der Waals surface area (Å²) in [7, 11) is 0. The van der Waals surface area contributed by atoms with Crippen molar-refractivity contribution < 1.29 is 9.18 Å². The first kappa shape index (κ1) is 20.0. The molecule has 1 heterocycles. The highest BCUT2D eigenvalue weighted by molar-refractivity contribution is 6.38. The van der Waals surface area contributed by atoms with Gasteiger partial charge < -0.3 is 16.0 Å². The number of hydrogen-bond acceptors (Lipinski definition) is 3. The van der Waals surface area contributed by atoms with Gasteiger partial charge in [-0.1, -0.05) is 34.8 Å². The molecule has 0 bridgehead atoms. The minimum absolute atomic E-state index is 0.00782. The average molecular weight is 432 g/mol. The monoisotopic (exact) mass is 430 g/mol. The summed E-state index contributed by atoms with van der Waals surface area (Å²) in [4.78, 5) is 16.2. The molecule has 2 amide bonds. The molecule has 1 aromatic heterocycles. The van der Waals surface area contributed by atoms with Crippen LogP contribution in [0.3, 0.4) is 0 Å². The van der Waals surface area contributed by atoms with Gasteiger partial charge in [0.05, 0.1) is 20.8 Å². The van der Waals surface area contributed by atoms with Crippen molar-refractivity contribution in [2.75, 3.05) is 10.6 Å². The molecule has 3 N–H and O–H groups in total. The van der Waals surface area contributed by atoms with Gasteiger partial charge in [-0.3, -0.25) is 4.98 Å². The maximum Gasteiger partial charge on any atom is 0.319 e. The molecule has 0 spiro atoms. The van der Waals surface area contributed by atoms with Crippen molar-refractivity contribution in [2.24, 2.45) is 0 Å². The van der Waals surface area contributed by atoms with Crippen molar-refractivity contribution in [3.05, 3.63) is 51.5 Å². The maximum absolute atomic E-state index is 13.2. The number of carbonyl (C=O) groups is 1. The van der Waals surface area contributed by atoms with E-state index in [1.54, 1.807) is 0 Å². The standard InChI is InChI=1S/C18H18Cl3FN4O/c19-13-7-12(4-5-16(13)22)26-18(27)25-11-3-1-2-10(6-11)24-17-14(20)8-23-9-15(17)21/h4-5,7-11H,1-3,6H2,(H,23,24)(H2,25,26,27). The Balaban J connectivity index is 1.56. The first-order chi connectivity index (χ1) is 12.9. The van der Waals surface area contributed by atoms with Gasteiger partial charge in [0.15, 0.2) is 0 Å². The zero-order valence-electron chi connectivity index (χ0n) is 14.2. The number of benzene rings is 1. The second kappa shape index (κ2) is 8.95. The van der Waals surface area contributed by atoms with Gasteiger partial charge in [-0.15, -0.1) is 0 Å². The van der Waals surface area contributed by atoms with E-state index in [1.807, 2.05) is 0 Å². The Hall–Kier alpha value is -1.76. The summed E-state index contributed by atoms with van der Waals surface area (Å²) in [6, 6.07) is 3.80. The van der Waals surface area contributed by atoms with Gasteiger partial charge in [0.1, 0.15) is 5.82 Å². The van der Waals surface area contributed by atoms with Crippen molar-refractivity contribution >= 4 is 52.2 Å². The molecule has 144 valence electrons. The lowest BCUT2D eigenvalue weighted by molar-refractivity contribution is 0.243. The molecule has 27 heavy (non-hydrogen) atoms. The Morgan fingerprint density at radius 1 is 1.07 bits per heavy atom. The molecule has 1 fully saturated rings. The van der Waals surface area contributed by atoms with E-state index in [0.717, 1.165) is 25.7 Å². The minimum atomic E-state index is -0.530. The lowest BCUT2D eigenvalue weighted by Crippen LogP contribution is -2.43. The van der Waals surface area contributed by atoms with E-state index < -0.39 is 5.82 Å². The number of nitrogens with zero attached hydrogens (tertiary/aromatic N) is 1. The van der Waals surface area contributed by atoms with Crippen molar-refractivity contribution in [2.45, 2.75) is 37.8 Å². The van der Waals surface area contributed by atoms with Crippen LogP contribution in [0.4, 0.5) is 20.6 Å². The first-order valence-electron chi connectivity index (χ1n) is 8.50. The van der Waals surface area contributed by atoms with Crippen LogP contribution in [0, 0.1) is 5.82 Å². The minimum Gasteiger partial charge on any atom is -0.380 e. The van der Waals surface area contributed by atoms with Gasteiger partial charge in [0.25, 0.3) is 0 Å². The number of urea groups is 1. The third kappa shape index (κ3) is 5.37. The molecule has 5 nitrogen and oxygen atoms in total. The van der Waals surface area contributed by atoms with Crippen LogP contribution in [0.25, 0.3) is 0 Å². The predicted molar refractivity (Wildman–Crippen MR) is 107 cm³/mol. The van der Waals surface area contributed by atoms with Crippen molar-refractivity contribution in [3.63, 3.8) is 0 Å². The lowest BCUT2D eigenvalue weighted by atomic mass is 9.91. The smallest absolute Gasteiger partial charge is 0.319 e. The van der Waals surface area contributed by atoms with Crippen LogP contribution < -0.4 is 16.0 Å². The van der Waals surface area contributed by atoms with Gasteiger partial charge in [-0.2, -0.15) is 0 Å². The van der Waals surface area contributed by atoms with Crippen molar-refractivity contribution in [1.82, 2.24) is 10.3 Å². The number of amides is 2. The van der Waals surface area contributed by atoms with Crippen LogP contribution in [0.1, 0.15) is 25.7 Å². The SMILES string of the molecule is O=C(Nc1ccc(F)c(Cl)c1)NC1CCCC(Nc2c(Cl)cncc2Cl)C1. The van der Waals surface area contributed by atoms with Crippen molar-refractivity contribution in [3.8, 4) is 0 Å². The second-order valence-corrected chi connectivity index (χ2v) is 7.63. The number of aromatic nitrogens is 1. The van der Waals surface area contributed by atoms with Crippen LogP contribution in [-0.2, 0) is 0 Å². The largest absolute Gasteiger partial charge is 0.380 e. The molecule has 1 saturated carbocycles. The van der Waals surface area contributed by atoms with E-state index in [2.05, 4.69) is 20.9 Å². The van der Waals surface area contributed by atoms with Crippen molar-refractivity contribution in [1.29, 1.82) is 0 Å². The molecule has 1 aromatic carbocycles. The Labute approximate surface area is 171 Å². The summed E-state index contributed by atoms with van der Waals surface area (Å²) in [5.74, 6) is -0.530. The Morgan fingerprint density at radius 3 is 2.48 bits per heavy atom. The van der Waals surface area contributed by atoms with Gasteiger partial charge in [-0.05, 0) is 43.9 Å². The number of nitrogens with one attached hydrogen (secondary N) is 3. The second-order valence-electron chi connectivity index (χ2n) is 6.41. The molecule has 2 aromatic rings. The fourth-order valence-electron chi connectivity index (χ4n) is 3.13. The highest BCUT2D eigenvalue weighted by atomic mass is 35.5. The van der Waals surface area contributed by atoms with Gasteiger partial charge >= 0.3 is 6.03 Å². The number of carbonyl (C=O) groups excluding carboxylic acids is 1. The van der Waals surface area contributed by atoms with Crippen LogP contribution >= 0.6 is 34.8 Å². The Morgan fingerprint density at radius 2 is 1.78 bits per heavy atom. The third-order valence-corrected chi connectivity index (χ3v) is 5.25. The molecule has 1 aliphatic carbocycles. The fraction of sp³-hybridized carbons (Fsp3) is 0.333. The Bertz CT molecular complexity index is 816. The summed E-state index contributed by atoms with van der Waals surface area (Å²) in [6.07, 6.45) is 6.57. The number of hydrogen-bond donors (Lipinski definition) is 3. The van der Waals surface area contributed by atoms with Crippen LogP contribution in [-0.4, -0.2) is 23.1 Å². The molecule has 1 aliphatic rings. The van der Waals surface area contributed by atoms with E-state index in [9.17, 15) is 9.18 Å². The molecular weight excluding hydrogens is 414 g/mol. The quantitative estimate of drug-likeness (QED) is 0.579. The first-order valence-corrected chi connectivity index (χ1v) is 9.64. The van der Waals surface area contributed by atoms with E-state index in [4.69, 9.17) is 34.8 Å². The van der Waals surface area contributed by atoms with E-state index in [-0.39, 0.29) is 23.1 Å². The van der Waals surface area contributed by atoms with E-state index in [1.165, 1.54) is 30.6 Å². The van der Waals surface area contributed by atoms with Gasteiger partial charge in [0.2, 0.25) is 0 Å². The molecular formula is C18H18Cl3FN4O. The van der Waals surface area contributed by atoms with Crippen LogP contribution in [0.15, 0.2) is 30.6 Å². The predicted octanol–water partition coefficient (Wildman–Crippen LogP) is 5.73. The molecule has 2 unspecified atom stereocenters. The summed E-state index contributed by atoms with van der Waals surface area (Å²) in [5, 5.41) is 9.84. The maximum atomic E-state index is 13.2. The summed E-state index contributed by atoms with van der Waals surface area (Å²) < 4.78 is 13.2. The fourth-order valence-corrected chi connectivity index (χ4v) is 3.79. The molecule has 0 radical (unpaired) electrons. The van der Waals surface area contributed by atoms with Crippen LogP contribution in [0.2, 0.25) is 15.1 Å². The van der Waals surface area contributed by atoms with Gasteiger partial charge in [-0.25, -0.2) is 9.18 Å². The zero-order valence-corrected chi connectivity index (χ0v) is 16.5.